The highest BCUT2D eigenvalue weighted by atomic mass is 19.1. The van der Waals surface area contributed by atoms with Gasteiger partial charge >= 0.3 is 0 Å². The molecule has 24 heavy (non-hydrogen) atoms. The number of aryl methyl sites for hydroxylation is 1. The number of carbonyl (C=O) groups excluding carboxylic acids is 1. The van der Waals surface area contributed by atoms with Crippen molar-refractivity contribution in [2.45, 2.75) is 13.5 Å². The number of halogens is 1. The SMILES string of the molecule is Cc1ccn2c(F)c(C(=O)NCc3cccn4nccc34)nc2c1. The van der Waals surface area contributed by atoms with E-state index in [1.165, 1.54) is 4.40 Å². The van der Waals surface area contributed by atoms with Crippen molar-refractivity contribution in [3.8, 4) is 0 Å². The Bertz CT molecular complexity index is 1070. The minimum Gasteiger partial charge on any atom is -0.346 e. The van der Waals surface area contributed by atoms with Gasteiger partial charge in [0.25, 0.3) is 5.91 Å². The number of rotatable bonds is 3. The number of nitrogens with one attached hydrogen (secondary N) is 1. The molecule has 1 N–H and O–H groups in total. The lowest BCUT2D eigenvalue weighted by atomic mass is 10.2. The molecular formula is C17H14FN5O. The molecule has 4 heterocycles. The van der Waals surface area contributed by atoms with E-state index >= 15 is 0 Å². The Kier molecular flexibility index (Phi) is 3.26. The van der Waals surface area contributed by atoms with Crippen LogP contribution in [-0.4, -0.2) is 24.9 Å². The molecule has 4 aromatic rings. The second-order valence-electron chi connectivity index (χ2n) is 5.56. The van der Waals surface area contributed by atoms with Crippen LogP contribution in [0.5, 0.6) is 0 Å². The second kappa shape index (κ2) is 5.45. The van der Waals surface area contributed by atoms with Crippen LogP contribution in [0, 0.1) is 12.9 Å². The first-order valence-electron chi connectivity index (χ1n) is 7.47. The number of aromatic nitrogens is 4. The first kappa shape index (κ1) is 14.4. The minimum absolute atomic E-state index is 0.207. The number of nitrogens with zero attached hydrogens (tertiary/aromatic N) is 4. The quantitative estimate of drug-likeness (QED) is 0.629. The van der Waals surface area contributed by atoms with Crippen LogP contribution in [0.1, 0.15) is 21.6 Å². The van der Waals surface area contributed by atoms with Crippen LogP contribution < -0.4 is 5.32 Å². The fraction of sp³-hybridized carbons (Fsp3) is 0.118. The zero-order valence-corrected chi connectivity index (χ0v) is 12.9. The van der Waals surface area contributed by atoms with Gasteiger partial charge in [0.15, 0.2) is 5.69 Å². The maximum Gasteiger partial charge on any atom is 0.274 e. The largest absolute Gasteiger partial charge is 0.346 e. The lowest BCUT2D eigenvalue weighted by Gasteiger charge is -2.05. The van der Waals surface area contributed by atoms with Crippen LogP contribution >= 0.6 is 0 Å². The van der Waals surface area contributed by atoms with Crippen molar-refractivity contribution in [1.82, 2.24) is 24.3 Å². The van der Waals surface area contributed by atoms with Gasteiger partial charge in [-0.25, -0.2) is 9.50 Å². The number of pyridine rings is 2. The van der Waals surface area contributed by atoms with E-state index in [1.807, 2.05) is 31.3 Å². The molecule has 4 aromatic heterocycles. The molecule has 0 saturated heterocycles. The normalized spacial score (nSPS) is 11.2. The lowest BCUT2D eigenvalue weighted by molar-refractivity contribution is 0.0942. The third kappa shape index (κ3) is 2.30. The summed E-state index contributed by atoms with van der Waals surface area (Å²) in [5.41, 5.74) is 2.94. The fourth-order valence-electron chi connectivity index (χ4n) is 2.68. The van der Waals surface area contributed by atoms with Crippen LogP contribution in [-0.2, 0) is 6.54 Å². The zero-order chi connectivity index (χ0) is 16.7. The summed E-state index contributed by atoms with van der Waals surface area (Å²) in [5.74, 6) is -1.21. The van der Waals surface area contributed by atoms with Crippen LogP contribution in [0.2, 0.25) is 0 Å². The van der Waals surface area contributed by atoms with Crippen molar-refractivity contribution < 1.29 is 9.18 Å². The van der Waals surface area contributed by atoms with Crippen molar-refractivity contribution in [3.63, 3.8) is 0 Å². The first-order chi connectivity index (χ1) is 11.6. The average Bonchev–Trinajstić information content (AvgIpc) is 3.17. The maximum atomic E-state index is 14.4. The molecule has 7 heteroatoms. The molecule has 6 nitrogen and oxygen atoms in total. The third-order valence-electron chi connectivity index (χ3n) is 3.90. The number of fused-ring (bicyclic) bond motifs is 2. The third-order valence-corrected chi connectivity index (χ3v) is 3.90. The first-order valence-corrected chi connectivity index (χ1v) is 7.47. The topological polar surface area (TPSA) is 63.7 Å². The molecular weight excluding hydrogens is 309 g/mol. The Balaban J connectivity index is 1.60. The molecule has 1 amide bonds. The van der Waals surface area contributed by atoms with E-state index in [0.717, 1.165) is 16.6 Å². The van der Waals surface area contributed by atoms with Crippen LogP contribution in [0.4, 0.5) is 4.39 Å². The van der Waals surface area contributed by atoms with Gasteiger partial charge in [0.05, 0.1) is 5.52 Å². The highest BCUT2D eigenvalue weighted by molar-refractivity contribution is 5.93. The Labute approximate surface area is 136 Å². The molecule has 120 valence electrons. The lowest BCUT2D eigenvalue weighted by Crippen LogP contribution is -2.24. The van der Waals surface area contributed by atoms with Crippen molar-refractivity contribution >= 4 is 17.1 Å². The molecule has 0 aromatic carbocycles. The van der Waals surface area contributed by atoms with E-state index in [0.29, 0.717) is 5.65 Å². The number of hydrogen-bond donors (Lipinski definition) is 1. The van der Waals surface area contributed by atoms with Gasteiger partial charge in [0.1, 0.15) is 5.65 Å². The van der Waals surface area contributed by atoms with Crippen LogP contribution in [0.3, 0.4) is 0 Å². The summed E-state index contributed by atoms with van der Waals surface area (Å²) in [6.45, 7) is 2.15. The molecule has 0 aliphatic rings. The van der Waals surface area contributed by atoms with E-state index in [1.54, 1.807) is 29.0 Å². The maximum absolute atomic E-state index is 14.4. The molecule has 4 rings (SSSR count). The monoisotopic (exact) mass is 323 g/mol. The summed E-state index contributed by atoms with van der Waals surface area (Å²) >= 11 is 0. The van der Waals surface area contributed by atoms with Gasteiger partial charge in [-0.1, -0.05) is 6.07 Å². The number of amides is 1. The molecule has 0 atom stereocenters. The number of imidazole rings is 1. The summed E-state index contributed by atoms with van der Waals surface area (Å²) in [6.07, 6.45) is 5.08. The molecule has 0 aliphatic carbocycles. The van der Waals surface area contributed by atoms with Gasteiger partial charge in [-0.2, -0.15) is 9.49 Å². The molecule has 0 aliphatic heterocycles. The minimum atomic E-state index is -0.662. The Morgan fingerprint density at radius 2 is 2.17 bits per heavy atom. The van der Waals surface area contributed by atoms with Gasteiger partial charge < -0.3 is 5.32 Å². The van der Waals surface area contributed by atoms with Crippen molar-refractivity contribution in [1.29, 1.82) is 0 Å². The fourth-order valence-corrected chi connectivity index (χ4v) is 2.68. The highest BCUT2D eigenvalue weighted by Crippen LogP contribution is 2.14. The average molecular weight is 323 g/mol. The summed E-state index contributed by atoms with van der Waals surface area (Å²) < 4.78 is 17.3. The predicted octanol–water partition coefficient (Wildman–Crippen LogP) is 2.36. The Morgan fingerprint density at radius 3 is 3.04 bits per heavy atom. The second-order valence-corrected chi connectivity index (χ2v) is 5.56. The summed E-state index contributed by atoms with van der Waals surface area (Å²) in [7, 11) is 0. The van der Waals surface area contributed by atoms with Gasteiger partial charge in [0.2, 0.25) is 5.95 Å². The summed E-state index contributed by atoms with van der Waals surface area (Å²) in [5, 5.41) is 6.86. The van der Waals surface area contributed by atoms with Crippen molar-refractivity contribution in [2.75, 3.05) is 0 Å². The van der Waals surface area contributed by atoms with E-state index in [9.17, 15) is 9.18 Å². The standard InChI is InChI=1S/C17H14FN5O/c1-11-5-8-22-14(9-11)21-15(16(22)18)17(24)19-10-12-3-2-7-23-13(12)4-6-20-23/h2-9H,10H2,1H3,(H,19,24). The highest BCUT2D eigenvalue weighted by Gasteiger charge is 2.19. The van der Waals surface area contributed by atoms with Gasteiger partial charge in [-0.3, -0.25) is 9.20 Å². The molecule has 0 fully saturated rings. The number of carbonyl (C=O) groups is 1. The van der Waals surface area contributed by atoms with Gasteiger partial charge in [-0.15, -0.1) is 0 Å². The molecule has 0 unspecified atom stereocenters. The Morgan fingerprint density at radius 1 is 1.29 bits per heavy atom. The van der Waals surface area contributed by atoms with E-state index in [-0.39, 0.29) is 12.2 Å². The van der Waals surface area contributed by atoms with E-state index in [2.05, 4.69) is 15.4 Å². The van der Waals surface area contributed by atoms with Gasteiger partial charge in [-0.05, 0) is 42.3 Å². The predicted molar refractivity (Wildman–Crippen MR) is 86.2 cm³/mol. The molecule has 0 spiro atoms. The summed E-state index contributed by atoms with van der Waals surface area (Å²) in [6, 6.07) is 9.08. The smallest absolute Gasteiger partial charge is 0.274 e. The molecule has 0 radical (unpaired) electrons. The summed E-state index contributed by atoms with van der Waals surface area (Å²) in [4.78, 5) is 16.4. The van der Waals surface area contributed by atoms with Gasteiger partial charge in [0, 0.05) is 25.1 Å². The number of hydrogen-bond acceptors (Lipinski definition) is 3. The van der Waals surface area contributed by atoms with Crippen LogP contribution in [0.25, 0.3) is 11.2 Å². The zero-order valence-electron chi connectivity index (χ0n) is 12.9. The Hall–Kier alpha value is -3.22. The van der Waals surface area contributed by atoms with Crippen molar-refractivity contribution in [3.05, 3.63) is 71.7 Å². The van der Waals surface area contributed by atoms with E-state index in [4.69, 9.17) is 0 Å². The van der Waals surface area contributed by atoms with Crippen LogP contribution in [0.15, 0.2) is 48.9 Å². The van der Waals surface area contributed by atoms with E-state index < -0.39 is 11.9 Å². The molecule has 0 bridgehead atoms. The van der Waals surface area contributed by atoms with Crippen molar-refractivity contribution in [2.24, 2.45) is 0 Å². The molecule has 0 saturated carbocycles.